The second-order valence-electron chi connectivity index (χ2n) is 6.17. The van der Waals surface area contributed by atoms with Gasteiger partial charge in [-0.15, -0.1) is 0 Å². The Labute approximate surface area is 139 Å². The molecule has 6 heteroatoms. The molecule has 1 aliphatic rings. The minimum absolute atomic E-state index is 0.00173. The van der Waals surface area contributed by atoms with Gasteiger partial charge in [-0.2, -0.15) is 0 Å². The Morgan fingerprint density at radius 2 is 2.04 bits per heavy atom. The Hall–Kier alpha value is -2.34. The highest BCUT2D eigenvalue weighted by atomic mass is 16.5. The molecule has 2 N–H and O–H groups in total. The zero-order chi connectivity index (χ0) is 17.1. The lowest BCUT2D eigenvalue weighted by Crippen LogP contribution is -3.12. The van der Waals surface area contributed by atoms with E-state index in [0.29, 0.717) is 29.7 Å². The molecule has 24 heavy (non-hydrogen) atoms. The van der Waals surface area contributed by atoms with E-state index >= 15 is 0 Å². The van der Waals surface area contributed by atoms with Gasteiger partial charge in [-0.3, -0.25) is 4.79 Å². The van der Waals surface area contributed by atoms with Crippen LogP contribution in [0.3, 0.4) is 0 Å². The normalized spacial score (nSPS) is 20.9. The van der Waals surface area contributed by atoms with E-state index in [1.54, 1.807) is 31.2 Å². The van der Waals surface area contributed by atoms with Crippen LogP contribution in [0.4, 0.5) is 0 Å². The molecular formula is C18H22NO5+. The fraction of sp³-hybridized carbons (Fsp3) is 0.444. The summed E-state index contributed by atoms with van der Waals surface area (Å²) in [6, 6.07) is 6.96. The first kappa shape index (κ1) is 16.5. The topological polar surface area (TPSA) is 81.2 Å². The molecule has 6 nitrogen and oxygen atoms in total. The van der Waals surface area contributed by atoms with Crippen LogP contribution in [-0.4, -0.2) is 30.8 Å². The number of ether oxygens (including phenoxy) is 1. The lowest BCUT2D eigenvalue weighted by Gasteiger charge is -2.28. The minimum Gasteiger partial charge on any atom is -0.506 e. The summed E-state index contributed by atoms with van der Waals surface area (Å²) < 4.78 is 10.4. The van der Waals surface area contributed by atoms with Gasteiger partial charge in [0.15, 0.2) is 0 Å². The third-order valence-corrected chi connectivity index (χ3v) is 4.62. The van der Waals surface area contributed by atoms with Crippen molar-refractivity contribution >= 4 is 16.9 Å². The Morgan fingerprint density at radius 3 is 2.75 bits per heavy atom. The van der Waals surface area contributed by atoms with Gasteiger partial charge < -0.3 is 19.2 Å². The molecule has 0 unspecified atom stereocenters. The Balaban J connectivity index is 1.73. The molecule has 0 bridgehead atoms. The first-order valence-electron chi connectivity index (χ1n) is 8.34. The summed E-state index contributed by atoms with van der Waals surface area (Å²) in [5, 5.41) is 11.0. The van der Waals surface area contributed by atoms with E-state index in [2.05, 4.69) is 0 Å². The molecule has 3 rings (SSSR count). The van der Waals surface area contributed by atoms with E-state index in [4.69, 9.17) is 9.15 Å². The molecule has 0 spiro atoms. The number of rotatable bonds is 4. The maximum Gasteiger partial charge on any atom is 0.349 e. The average molecular weight is 332 g/mol. The predicted molar refractivity (Wildman–Crippen MR) is 87.9 cm³/mol. The van der Waals surface area contributed by atoms with Crippen LogP contribution in [-0.2, 0) is 16.1 Å². The van der Waals surface area contributed by atoms with Crippen molar-refractivity contribution in [3.8, 4) is 5.75 Å². The molecule has 0 saturated carbocycles. The van der Waals surface area contributed by atoms with Crippen molar-refractivity contribution in [3.05, 3.63) is 40.2 Å². The van der Waals surface area contributed by atoms with Gasteiger partial charge in [-0.05, 0) is 19.1 Å². The molecular weight excluding hydrogens is 310 g/mol. The van der Waals surface area contributed by atoms with Gasteiger partial charge in [-0.1, -0.05) is 12.1 Å². The molecule has 1 aliphatic heterocycles. The highest BCUT2D eigenvalue weighted by Gasteiger charge is 2.29. The molecule has 1 aromatic carbocycles. The van der Waals surface area contributed by atoms with Gasteiger partial charge in [-0.25, -0.2) is 4.79 Å². The van der Waals surface area contributed by atoms with Gasteiger partial charge in [0.05, 0.1) is 31.0 Å². The first-order valence-corrected chi connectivity index (χ1v) is 8.34. The van der Waals surface area contributed by atoms with Gasteiger partial charge in [0.1, 0.15) is 23.4 Å². The number of benzene rings is 1. The molecule has 0 aliphatic carbocycles. The molecule has 0 amide bonds. The lowest BCUT2D eigenvalue weighted by molar-refractivity contribution is -0.919. The van der Waals surface area contributed by atoms with Crippen LogP contribution in [0.1, 0.15) is 25.3 Å². The van der Waals surface area contributed by atoms with E-state index in [1.165, 1.54) is 0 Å². The maximum absolute atomic E-state index is 12.2. The SMILES string of the molecule is CCOC(=O)C1CC[NH+](Cc2c(O)c3ccccc3oc2=O)CC1. The number of esters is 1. The maximum atomic E-state index is 12.2. The summed E-state index contributed by atoms with van der Waals surface area (Å²) >= 11 is 0. The number of piperidine rings is 1. The molecule has 2 heterocycles. The van der Waals surface area contributed by atoms with Crippen LogP contribution in [0.15, 0.2) is 33.5 Å². The molecule has 0 atom stereocenters. The van der Waals surface area contributed by atoms with Crippen molar-refractivity contribution in [2.45, 2.75) is 26.3 Å². The van der Waals surface area contributed by atoms with Crippen molar-refractivity contribution < 1.29 is 24.0 Å². The number of para-hydroxylation sites is 1. The van der Waals surface area contributed by atoms with Gasteiger partial charge in [0, 0.05) is 12.8 Å². The predicted octanol–water partition coefficient (Wildman–Crippen LogP) is 0.857. The fourth-order valence-electron chi connectivity index (χ4n) is 3.28. The first-order chi connectivity index (χ1) is 11.6. The van der Waals surface area contributed by atoms with Crippen LogP contribution in [0.2, 0.25) is 0 Å². The van der Waals surface area contributed by atoms with Crippen molar-refractivity contribution in [1.29, 1.82) is 0 Å². The lowest BCUT2D eigenvalue weighted by atomic mass is 9.96. The quantitative estimate of drug-likeness (QED) is 0.641. The molecule has 1 aromatic heterocycles. The van der Waals surface area contributed by atoms with E-state index < -0.39 is 5.63 Å². The Morgan fingerprint density at radius 1 is 1.33 bits per heavy atom. The number of hydrogen-bond acceptors (Lipinski definition) is 5. The van der Waals surface area contributed by atoms with Crippen LogP contribution in [0.5, 0.6) is 5.75 Å². The molecule has 128 valence electrons. The molecule has 2 aromatic rings. The van der Waals surface area contributed by atoms with E-state index in [-0.39, 0.29) is 17.6 Å². The third kappa shape index (κ3) is 3.28. The van der Waals surface area contributed by atoms with E-state index in [1.807, 2.05) is 0 Å². The van der Waals surface area contributed by atoms with Crippen LogP contribution in [0.25, 0.3) is 11.0 Å². The molecule has 0 radical (unpaired) electrons. The number of nitrogens with one attached hydrogen (secondary N) is 1. The fourth-order valence-corrected chi connectivity index (χ4v) is 3.28. The number of carbonyl (C=O) groups is 1. The van der Waals surface area contributed by atoms with E-state index in [0.717, 1.165) is 30.8 Å². The van der Waals surface area contributed by atoms with Gasteiger partial charge in [0.25, 0.3) is 0 Å². The Kier molecular flexibility index (Phi) is 4.85. The zero-order valence-electron chi connectivity index (χ0n) is 13.7. The average Bonchev–Trinajstić information content (AvgIpc) is 2.59. The van der Waals surface area contributed by atoms with Crippen molar-refractivity contribution in [1.82, 2.24) is 0 Å². The summed E-state index contributed by atoms with van der Waals surface area (Å²) in [7, 11) is 0. The van der Waals surface area contributed by atoms with Crippen LogP contribution < -0.4 is 10.5 Å². The van der Waals surface area contributed by atoms with E-state index in [9.17, 15) is 14.7 Å². The largest absolute Gasteiger partial charge is 0.506 e. The highest BCUT2D eigenvalue weighted by Crippen LogP contribution is 2.25. The second kappa shape index (κ2) is 7.05. The van der Waals surface area contributed by atoms with Crippen molar-refractivity contribution in [2.24, 2.45) is 5.92 Å². The number of fused-ring (bicyclic) bond motifs is 1. The van der Waals surface area contributed by atoms with Gasteiger partial charge in [0.2, 0.25) is 0 Å². The second-order valence-corrected chi connectivity index (χ2v) is 6.17. The summed E-state index contributed by atoms with van der Waals surface area (Å²) in [5.74, 6) is -0.193. The van der Waals surface area contributed by atoms with Crippen molar-refractivity contribution in [2.75, 3.05) is 19.7 Å². The van der Waals surface area contributed by atoms with Crippen LogP contribution in [0, 0.1) is 5.92 Å². The summed E-state index contributed by atoms with van der Waals surface area (Å²) in [6.07, 6.45) is 1.46. The van der Waals surface area contributed by atoms with Crippen LogP contribution >= 0.6 is 0 Å². The number of likely N-dealkylation sites (tertiary alicyclic amines) is 1. The third-order valence-electron chi connectivity index (χ3n) is 4.62. The van der Waals surface area contributed by atoms with Crippen molar-refractivity contribution in [3.63, 3.8) is 0 Å². The smallest absolute Gasteiger partial charge is 0.349 e. The molecule has 1 saturated heterocycles. The summed E-state index contributed by atoms with van der Waals surface area (Å²) in [6.45, 7) is 4.12. The van der Waals surface area contributed by atoms with Gasteiger partial charge >= 0.3 is 11.6 Å². The number of quaternary nitrogens is 1. The summed E-state index contributed by atoms with van der Waals surface area (Å²) in [4.78, 5) is 25.1. The highest BCUT2D eigenvalue weighted by molar-refractivity contribution is 5.83. The monoisotopic (exact) mass is 332 g/mol. The Bertz CT molecular complexity index is 790. The standard InChI is InChI=1S/C18H21NO5/c1-2-23-17(21)12-7-9-19(10-8-12)11-14-16(20)13-5-3-4-6-15(13)24-18(14)22/h3-6,12,20H,2,7-11H2,1H3/p+1. The number of carbonyl (C=O) groups excluding carboxylic acids is 1. The number of aromatic hydroxyl groups is 1. The number of hydrogen-bond donors (Lipinski definition) is 2. The zero-order valence-corrected chi connectivity index (χ0v) is 13.7. The summed E-state index contributed by atoms with van der Waals surface area (Å²) in [5.41, 5.74) is 0.198. The minimum atomic E-state index is -0.494. The molecule has 1 fully saturated rings.